The molecule has 0 unspecified atom stereocenters. The summed E-state index contributed by atoms with van der Waals surface area (Å²) in [5.41, 5.74) is 9.37. The second-order valence-corrected chi connectivity index (χ2v) is 6.71. The Labute approximate surface area is 172 Å². The summed E-state index contributed by atoms with van der Waals surface area (Å²) in [5.74, 6) is -2.19. The summed E-state index contributed by atoms with van der Waals surface area (Å²) >= 11 is 0. The highest BCUT2D eigenvalue weighted by molar-refractivity contribution is 5.97. The molecule has 7 nitrogen and oxygen atoms in total. The summed E-state index contributed by atoms with van der Waals surface area (Å²) < 4.78 is 28.3. The SMILES string of the molecule is Cc1cc(C)n(Cc2cccc(/C(N)=N/OCC(=O)Nc3ccc(F)cc3F)c2)n1. The van der Waals surface area contributed by atoms with Crippen molar-refractivity contribution < 1.29 is 18.4 Å². The summed E-state index contributed by atoms with van der Waals surface area (Å²) in [6, 6.07) is 12.2. The number of amidine groups is 1. The van der Waals surface area contributed by atoms with Gasteiger partial charge in [0.1, 0.15) is 11.6 Å². The molecule has 30 heavy (non-hydrogen) atoms. The van der Waals surface area contributed by atoms with E-state index in [1.807, 2.05) is 42.8 Å². The monoisotopic (exact) mass is 413 g/mol. The van der Waals surface area contributed by atoms with Gasteiger partial charge in [-0.3, -0.25) is 9.48 Å². The van der Waals surface area contributed by atoms with Crippen LogP contribution in [0.25, 0.3) is 0 Å². The average molecular weight is 413 g/mol. The molecule has 0 aliphatic rings. The van der Waals surface area contributed by atoms with E-state index in [1.54, 1.807) is 6.07 Å². The minimum absolute atomic E-state index is 0.0889. The maximum atomic E-state index is 13.6. The molecule has 0 aliphatic heterocycles. The molecule has 0 radical (unpaired) electrons. The van der Waals surface area contributed by atoms with Crippen molar-refractivity contribution in [2.75, 3.05) is 11.9 Å². The number of carbonyl (C=O) groups excluding carboxylic acids is 1. The van der Waals surface area contributed by atoms with Gasteiger partial charge in [-0.05, 0) is 43.7 Å². The van der Waals surface area contributed by atoms with Crippen molar-refractivity contribution >= 4 is 17.4 Å². The molecule has 2 aromatic carbocycles. The Bertz CT molecular complexity index is 1090. The molecule has 3 N–H and O–H groups in total. The van der Waals surface area contributed by atoms with E-state index in [-0.39, 0.29) is 11.5 Å². The maximum Gasteiger partial charge on any atom is 0.265 e. The van der Waals surface area contributed by atoms with Crippen molar-refractivity contribution in [2.45, 2.75) is 20.4 Å². The van der Waals surface area contributed by atoms with Crippen molar-refractivity contribution in [3.05, 3.63) is 82.7 Å². The van der Waals surface area contributed by atoms with Crippen LogP contribution in [0, 0.1) is 25.5 Å². The Kier molecular flexibility index (Phi) is 6.41. The Hall–Kier alpha value is -3.75. The number of oxime groups is 1. The van der Waals surface area contributed by atoms with Gasteiger partial charge in [0, 0.05) is 17.3 Å². The number of rotatable bonds is 7. The Balaban J connectivity index is 1.58. The molecule has 1 aromatic heterocycles. The zero-order valence-corrected chi connectivity index (χ0v) is 16.5. The third kappa shape index (κ3) is 5.40. The molecular weight excluding hydrogens is 392 g/mol. The molecule has 0 atom stereocenters. The van der Waals surface area contributed by atoms with E-state index < -0.39 is 24.1 Å². The number of halogens is 2. The van der Waals surface area contributed by atoms with Crippen LogP contribution in [-0.2, 0) is 16.2 Å². The lowest BCUT2D eigenvalue weighted by Crippen LogP contribution is -2.20. The number of anilines is 1. The van der Waals surface area contributed by atoms with E-state index in [2.05, 4.69) is 15.6 Å². The van der Waals surface area contributed by atoms with Crippen LogP contribution in [0.3, 0.4) is 0 Å². The number of nitrogens with two attached hydrogens (primary N) is 1. The van der Waals surface area contributed by atoms with Crippen molar-refractivity contribution in [1.82, 2.24) is 9.78 Å². The van der Waals surface area contributed by atoms with Gasteiger partial charge in [0.2, 0.25) is 0 Å². The van der Waals surface area contributed by atoms with Crippen LogP contribution < -0.4 is 11.1 Å². The van der Waals surface area contributed by atoms with Gasteiger partial charge in [-0.25, -0.2) is 8.78 Å². The van der Waals surface area contributed by atoms with Crippen LogP contribution in [0.1, 0.15) is 22.5 Å². The highest BCUT2D eigenvalue weighted by Crippen LogP contribution is 2.15. The van der Waals surface area contributed by atoms with Crippen molar-refractivity contribution in [3.63, 3.8) is 0 Å². The number of hydrogen-bond donors (Lipinski definition) is 2. The number of carbonyl (C=O) groups is 1. The van der Waals surface area contributed by atoms with Gasteiger partial charge in [-0.2, -0.15) is 5.10 Å². The van der Waals surface area contributed by atoms with Crippen LogP contribution in [0.5, 0.6) is 0 Å². The van der Waals surface area contributed by atoms with Gasteiger partial charge in [-0.15, -0.1) is 0 Å². The van der Waals surface area contributed by atoms with Crippen LogP contribution in [0.15, 0.2) is 53.7 Å². The molecule has 0 bridgehead atoms. The Morgan fingerprint density at radius 1 is 1.20 bits per heavy atom. The zero-order chi connectivity index (χ0) is 21.7. The fraction of sp³-hybridized carbons (Fsp3) is 0.190. The van der Waals surface area contributed by atoms with E-state index in [9.17, 15) is 13.6 Å². The van der Waals surface area contributed by atoms with E-state index >= 15 is 0 Å². The fourth-order valence-corrected chi connectivity index (χ4v) is 2.83. The first kappa shape index (κ1) is 21.0. The van der Waals surface area contributed by atoms with Gasteiger partial charge < -0.3 is 15.9 Å². The third-order valence-electron chi connectivity index (χ3n) is 4.22. The quantitative estimate of drug-likeness (QED) is 0.354. The summed E-state index contributed by atoms with van der Waals surface area (Å²) in [6.45, 7) is 4.01. The molecule has 0 aliphatic carbocycles. The topological polar surface area (TPSA) is 94.5 Å². The normalized spacial score (nSPS) is 11.4. The van der Waals surface area contributed by atoms with E-state index in [1.165, 1.54) is 0 Å². The molecule has 9 heteroatoms. The summed E-state index contributed by atoms with van der Waals surface area (Å²) in [4.78, 5) is 16.8. The fourth-order valence-electron chi connectivity index (χ4n) is 2.83. The highest BCUT2D eigenvalue weighted by atomic mass is 19.1. The van der Waals surface area contributed by atoms with Crippen LogP contribution in [0.4, 0.5) is 14.5 Å². The van der Waals surface area contributed by atoms with Gasteiger partial charge in [0.05, 0.1) is 17.9 Å². The maximum absolute atomic E-state index is 13.6. The number of hydrogen-bond acceptors (Lipinski definition) is 4. The lowest BCUT2D eigenvalue weighted by molar-refractivity contribution is -0.120. The number of amides is 1. The number of aromatic nitrogens is 2. The predicted molar refractivity (Wildman–Crippen MR) is 109 cm³/mol. The van der Waals surface area contributed by atoms with E-state index in [0.717, 1.165) is 29.1 Å². The third-order valence-corrected chi connectivity index (χ3v) is 4.22. The number of nitrogens with zero attached hydrogens (tertiary/aromatic N) is 3. The molecule has 3 aromatic rings. The second-order valence-electron chi connectivity index (χ2n) is 6.71. The summed E-state index contributed by atoms with van der Waals surface area (Å²) in [6.07, 6.45) is 0. The van der Waals surface area contributed by atoms with E-state index in [4.69, 9.17) is 10.6 Å². The van der Waals surface area contributed by atoms with Crippen LogP contribution in [0.2, 0.25) is 0 Å². The molecule has 1 amide bonds. The van der Waals surface area contributed by atoms with Crippen LogP contribution >= 0.6 is 0 Å². The molecule has 0 fully saturated rings. The number of nitrogens with one attached hydrogen (secondary N) is 1. The first-order valence-corrected chi connectivity index (χ1v) is 9.12. The first-order chi connectivity index (χ1) is 14.3. The molecular formula is C21H21F2N5O2. The van der Waals surface area contributed by atoms with Gasteiger partial charge in [-0.1, -0.05) is 23.4 Å². The highest BCUT2D eigenvalue weighted by Gasteiger charge is 2.09. The molecule has 1 heterocycles. The van der Waals surface area contributed by atoms with E-state index in [0.29, 0.717) is 18.2 Å². The zero-order valence-electron chi connectivity index (χ0n) is 16.5. The van der Waals surface area contributed by atoms with Crippen molar-refractivity contribution in [2.24, 2.45) is 10.9 Å². The summed E-state index contributed by atoms with van der Waals surface area (Å²) in [5, 5.41) is 10.4. The standard InChI is InChI=1S/C21H21F2N5O2/c1-13-8-14(2)28(26-13)11-15-4-3-5-16(9-15)21(24)27-30-12-20(29)25-19-7-6-17(22)10-18(19)23/h3-10H,11-12H2,1-2H3,(H2,24,27)(H,25,29). The van der Waals surface area contributed by atoms with Crippen molar-refractivity contribution in [1.29, 1.82) is 0 Å². The minimum Gasteiger partial charge on any atom is -0.384 e. The molecule has 0 spiro atoms. The smallest absolute Gasteiger partial charge is 0.265 e. The first-order valence-electron chi connectivity index (χ1n) is 9.12. The largest absolute Gasteiger partial charge is 0.384 e. The van der Waals surface area contributed by atoms with Crippen molar-refractivity contribution in [3.8, 4) is 0 Å². The van der Waals surface area contributed by atoms with Gasteiger partial charge >= 0.3 is 0 Å². The van der Waals surface area contributed by atoms with Crippen LogP contribution in [-0.4, -0.2) is 28.1 Å². The molecule has 3 rings (SSSR count). The summed E-state index contributed by atoms with van der Waals surface area (Å²) in [7, 11) is 0. The van der Waals surface area contributed by atoms with Gasteiger partial charge in [0.25, 0.3) is 5.91 Å². The molecule has 156 valence electrons. The Morgan fingerprint density at radius 3 is 2.70 bits per heavy atom. The average Bonchev–Trinajstić information content (AvgIpc) is 3.01. The lowest BCUT2D eigenvalue weighted by atomic mass is 10.1. The number of benzene rings is 2. The lowest BCUT2D eigenvalue weighted by Gasteiger charge is -2.08. The molecule has 0 saturated carbocycles. The number of aryl methyl sites for hydroxylation is 2. The van der Waals surface area contributed by atoms with Gasteiger partial charge in [0.15, 0.2) is 12.4 Å². The molecule has 0 saturated heterocycles. The second kappa shape index (κ2) is 9.17. The predicted octanol–water partition coefficient (Wildman–Crippen LogP) is 3.10. The minimum atomic E-state index is -0.884. The Morgan fingerprint density at radius 2 is 2.00 bits per heavy atom.